The fourth-order valence-corrected chi connectivity index (χ4v) is 1.21. The Bertz CT molecular complexity index is 115. The minimum atomic E-state index is 0. The van der Waals surface area contributed by atoms with Crippen molar-refractivity contribution >= 4 is 5.91 Å². The number of piperidine rings is 1. The summed E-state index contributed by atoms with van der Waals surface area (Å²) in [6.07, 6.45) is 3.68. The number of amides is 1. The fraction of sp³-hybridized carbons (Fsp3) is 0.857. The molecule has 0 aliphatic carbocycles. The Labute approximate surface area is 75.6 Å². The first-order chi connectivity index (χ1) is 4.30. The third-order valence-electron chi connectivity index (χ3n) is 1.80. The predicted octanol–water partition coefficient (Wildman–Crippen LogP) is -1.86. The first-order valence-electron chi connectivity index (χ1n) is 3.56. The average molecular weight is 135 g/mol. The Morgan fingerprint density at radius 1 is 1.30 bits per heavy atom. The maximum Gasteiger partial charge on any atom is 1.00 e. The molecule has 1 aliphatic rings. The van der Waals surface area contributed by atoms with Gasteiger partial charge in [0.15, 0.2) is 0 Å². The third kappa shape index (κ3) is 2.77. The van der Waals surface area contributed by atoms with Crippen molar-refractivity contribution in [1.29, 1.82) is 0 Å². The zero-order chi connectivity index (χ0) is 6.69. The molecule has 3 heteroatoms. The molecule has 0 spiro atoms. The van der Waals surface area contributed by atoms with Gasteiger partial charge in [0.2, 0.25) is 5.91 Å². The van der Waals surface area contributed by atoms with E-state index < -0.39 is 0 Å². The molecule has 10 heavy (non-hydrogen) atoms. The third-order valence-corrected chi connectivity index (χ3v) is 1.80. The van der Waals surface area contributed by atoms with Crippen LogP contribution in [0.15, 0.2) is 0 Å². The van der Waals surface area contributed by atoms with Crippen LogP contribution in [0.1, 0.15) is 27.6 Å². The van der Waals surface area contributed by atoms with Crippen molar-refractivity contribution in [3.05, 3.63) is 0 Å². The summed E-state index contributed by atoms with van der Waals surface area (Å²) in [6, 6.07) is 0. The average Bonchev–Trinajstić information content (AvgIpc) is 1.90. The Hall–Kier alpha value is 0.0674. The molecule has 1 amide bonds. The fourth-order valence-electron chi connectivity index (χ4n) is 1.21. The van der Waals surface area contributed by atoms with Gasteiger partial charge in [0, 0.05) is 20.0 Å². The quantitative estimate of drug-likeness (QED) is 0.356. The number of hydrogen-bond acceptors (Lipinski definition) is 1. The van der Waals surface area contributed by atoms with Gasteiger partial charge in [-0.1, -0.05) is 0 Å². The Morgan fingerprint density at radius 2 is 1.80 bits per heavy atom. The van der Waals surface area contributed by atoms with Gasteiger partial charge in [-0.15, -0.1) is 0 Å². The molecule has 0 saturated carbocycles. The van der Waals surface area contributed by atoms with Crippen LogP contribution in [0.25, 0.3) is 0 Å². The molecule has 0 bridgehead atoms. The minimum Gasteiger partial charge on any atom is -1.00 e. The molecule has 0 N–H and O–H groups in total. The van der Waals surface area contributed by atoms with Crippen LogP contribution in [0.2, 0.25) is 0 Å². The zero-order valence-corrected chi connectivity index (χ0v) is 6.89. The van der Waals surface area contributed by atoms with E-state index in [-0.39, 0.29) is 26.2 Å². The van der Waals surface area contributed by atoms with Gasteiger partial charge in [0.25, 0.3) is 0 Å². The van der Waals surface area contributed by atoms with Crippen LogP contribution in [0.3, 0.4) is 0 Å². The molecule has 0 radical (unpaired) electrons. The second-order valence-electron chi connectivity index (χ2n) is 2.57. The van der Waals surface area contributed by atoms with Crippen molar-refractivity contribution in [1.82, 2.24) is 4.90 Å². The van der Waals surface area contributed by atoms with Gasteiger partial charge >= 0.3 is 18.9 Å². The summed E-state index contributed by atoms with van der Waals surface area (Å²) in [7, 11) is 0. The molecule has 1 saturated heterocycles. The van der Waals surface area contributed by atoms with Gasteiger partial charge in [-0.3, -0.25) is 4.79 Å². The van der Waals surface area contributed by atoms with Crippen LogP contribution in [-0.2, 0) is 4.79 Å². The van der Waals surface area contributed by atoms with Crippen molar-refractivity contribution in [2.24, 2.45) is 0 Å². The van der Waals surface area contributed by atoms with E-state index in [4.69, 9.17) is 0 Å². The van der Waals surface area contributed by atoms with E-state index in [1.165, 1.54) is 19.3 Å². The second kappa shape index (κ2) is 4.82. The first kappa shape index (κ1) is 10.1. The van der Waals surface area contributed by atoms with Gasteiger partial charge in [0.05, 0.1) is 0 Å². The SMILES string of the molecule is CC(=O)N1CCCCC1.[H-].[Li+]. The van der Waals surface area contributed by atoms with E-state index in [0.717, 1.165) is 13.1 Å². The van der Waals surface area contributed by atoms with Gasteiger partial charge < -0.3 is 6.33 Å². The summed E-state index contributed by atoms with van der Waals surface area (Å²) < 4.78 is 0. The Balaban J connectivity index is 0. The topological polar surface area (TPSA) is 20.3 Å². The number of carbonyl (C=O) groups is 1. The van der Waals surface area contributed by atoms with Crippen molar-refractivity contribution in [2.75, 3.05) is 13.1 Å². The van der Waals surface area contributed by atoms with Gasteiger partial charge in [-0.05, 0) is 19.3 Å². The normalized spacial score (nSPS) is 17.9. The maximum absolute atomic E-state index is 10.7. The number of rotatable bonds is 0. The molecule has 1 fully saturated rings. The van der Waals surface area contributed by atoms with E-state index in [1.54, 1.807) is 6.92 Å². The van der Waals surface area contributed by atoms with Crippen LogP contribution in [0, 0.1) is 0 Å². The zero-order valence-electron chi connectivity index (χ0n) is 7.89. The van der Waals surface area contributed by atoms with E-state index >= 15 is 0 Å². The summed E-state index contributed by atoms with van der Waals surface area (Å²) >= 11 is 0. The molecule has 0 aromatic rings. The van der Waals surface area contributed by atoms with Crippen molar-refractivity contribution < 1.29 is 25.1 Å². The van der Waals surface area contributed by atoms with Gasteiger partial charge in [-0.2, -0.15) is 0 Å². The van der Waals surface area contributed by atoms with E-state index in [1.807, 2.05) is 4.90 Å². The summed E-state index contributed by atoms with van der Waals surface area (Å²) in [5, 5.41) is 0. The molecule has 1 heterocycles. The summed E-state index contributed by atoms with van der Waals surface area (Å²) in [5.74, 6) is 0.231. The Kier molecular flexibility index (Phi) is 4.85. The Morgan fingerprint density at radius 3 is 2.10 bits per heavy atom. The van der Waals surface area contributed by atoms with E-state index in [9.17, 15) is 4.79 Å². The number of likely N-dealkylation sites (tertiary alicyclic amines) is 1. The van der Waals surface area contributed by atoms with Crippen molar-refractivity contribution in [2.45, 2.75) is 26.2 Å². The molecule has 0 atom stereocenters. The van der Waals surface area contributed by atoms with Crippen LogP contribution < -0.4 is 18.9 Å². The molecule has 1 aliphatic heterocycles. The van der Waals surface area contributed by atoms with Crippen LogP contribution in [0.5, 0.6) is 0 Å². The minimum absolute atomic E-state index is 0. The molecule has 0 aromatic carbocycles. The molecule has 0 aromatic heterocycles. The molecular weight excluding hydrogens is 121 g/mol. The van der Waals surface area contributed by atoms with Crippen molar-refractivity contribution in [3.8, 4) is 0 Å². The van der Waals surface area contributed by atoms with Gasteiger partial charge in [0.1, 0.15) is 0 Å². The standard InChI is InChI=1S/C7H13NO.Li.H/c1-7(9)8-5-3-2-4-6-8;;/h2-6H2,1H3;;/q;+1;-1. The predicted molar refractivity (Wildman–Crippen MR) is 37.2 cm³/mol. The number of hydrogen-bond donors (Lipinski definition) is 0. The van der Waals surface area contributed by atoms with Crippen LogP contribution >= 0.6 is 0 Å². The first-order valence-corrected chi connectivity index (χ1v) is 3.56. The number of carbonyl (C=O) groups excluding carboxylic acids is 1. The largest absolute Gasteiger partial charge is 1.00 e. The summed E-state index contributed by atoms with van der Waals surface area (Å²) in [5.41, 5.74) is 0. The van der Waals surface area contributed by atoms with E-state index in [0.29, 0.717) is 0 Å². The smallest absolute Gasteiger partial charge is 1.00 e. The molecular formula is C7H14LiNO. The summed E-state index contributed by atoms with van der Waals surface area (Å²) in [6.45, 7) is 3.61. The van der Waals surface area contributed by atoms with E-state index in [2.05, 4.69) is 0 Å². The molecule has 0 unspecified atom stereocenters. The molecule has 2 nitrogen and oxygen atoms in total. The molecule has 54 valence electrons. The maximum atomic E-state index is 10.7. The monoisotopic (exact) mass is 135 g/mol. The van der Waals surface area contributed by atoms with Crippen LogP contribution in [-0.4, -0.2) is 23.9 Å². The molecule has 1 rings (SSSR count). The van der Waals surface area contributed by atoms with Crippen molar-refractivity contribution in [3.63, 3.8) is 0 Å². The summed E-state index contributed by atoms with van der Waals surface area (Å²) in [4.78, 5) is 12.6. The number of nitrogens with zero attached hydrogens (tertiary/aromatic N) is 1. The van der Waals surface area contributed by atoms with Crippen LogP contribution in [0.4, 0.5) is 0 Å². The van der Waals surface area contributed by atoms with Gasteiger partial charge in [-0.25, -0.2) is 0 Å². The second-order valence-corrected chi connectivity index (χ2v) is 2.57.